The lowest BCUT2D eigenvalue weighted by molar-refractivity contribution is 0.0994. The first-order valence-corrected chi connectivity index (χ1v) is 12.4. The molecule has 0 bridgehead atoms. The van der Waals surface area contributed by atoms with Crippen molar-refractivity contribution in [2.45, 2.75) is 12.8 Å². The Balaban J connectivity index is 1.60. The molecule has 0 N–H and O–H groups in total. The van der Waals surface area contributed by atoms with E-state index in [9.17, 15) is 4.79 Å². The van der Waals surface area contributed by atoms with Gasteiger partial charge in [-0.3, -0.25) is 14.8 Å². The van der Waals surface area contributed by atoms with E-state index in [4.69, 9.17) is 16.1 Å². The number of carbonyl (C=O) groups is 1. The number of carbonyl (C=O) groups excluding carboxylic acids is 1. The number of aromatic nitrogens is 2. The van der Waals surface area contributed by atoms with Crippen LogP contribution in [0, 0.1) is 12.3 Å². The summed E-state index contributed by atoms with van der Waals surface area (Å²) in [5.74, 6) is 2.44. The second-order valence-corrected chi connectivity index (χ2v) is 8.83. The molecule has 36 heavy (non-hydrogen) atoms. The minimum Gasteiger partial charge on any atom is -0.377 e. The maximum atomic E-state index is 13.8. The average Bonchev–Trinajstić information content (AvgIpc) is 3.31. The third-order valence-electron chi connectivity index (χ3n) is 5.43. The summed E-state index contributed by atoms with van der Waals surface area (Å²) in [6.45, 7) is 5.19. The molecule has 1 aromatic carbocycles. The lowest BCUT2D eigenvalue weighted by Gasteiger charge is -2.21. The molecule has 3 heterocycles. The van der Waals surface area contributed by atoms with E-state index in [1.807, 2.05) is 66.7 Å². The highest BCUT2D eigenvalue weighted by Gasteiger charge is 2.24. The first-order valence-electron chi connectivity index (χ1n) is 11.6. The van der Waals surface area contributed by atoms with Crippen LogP contribution in [0.1, 0.15) is 22.5 Å². The van der Waals surface area contributed by atoms with Crippen LogP contribution < -0.4 is 4.90 Å². The Kier molecular flexibility index (Phi) is 8.71. The van der Waals surface area contributed by atoms with Gasteiger partial charge in [0, 0.05) is 48.6 Å². The van der Waals surface area contributed by atoms with Crippen LogP contribution >= 0.6 is 11.3 Å². The van der Waals surface area contributed by atoms with E-state index in [2.05, 4.69) is 22.6 Å². The van der Waals surface area contributed by atoms with Gasteiger partial charge in [0.05, 0.1) is 18.0 Å². The van der Waals surface area contributed by atoms with Gasteiger partial charge in [0.15, 0.2) is 0 Å². The molecule has 4 rings (SSSR count). The fourth-order valence-electron chi connectivity index (χ4n) is 3.65. The molecule has 0 radical (unpaired) electrons. The van der Waals surface area contributed by atoms with E-state index in [0.717, 1.165) is 33.6 Å². The summed E-state index contributed by atoms with van der Waals surface area (Å²) in [6.07, 6.45) is 14.1. The van der Waals surface area contributed by atoms with Gasteiger partial charge in [-0.2, -0.15) is 0 Å². The van der Waals surface area contributed by atoms with Crippen LogP contribution in [-0.4, -0.2) is 42.4 Å². The van der Waals surface area contributed by atoms with Crippen LogP contribution in [-0.2, 0) is 4.74 Å². The second-order valence-electron chi connectivity index (χ2n) is 7.83. The largest absolute Gasteiger partial charge is 0.377 e. The molecule has 0 fully saturated rings. The molecule has 0 saturated heterocycles. The number of para-hydroxylation sites is 1. The number of hydrogen-bond acceptors (Lipinski definition) is 6. The number of nitrogens with zero attached hydrogens (tertiary/aromatic N) is 4. The minimum absolute atomic E-state index is 0.158. The molecule has 4 aromatic rings. The number of thiophene rings is 1. The van der Waals surface area contributed by atoms with Crippen LogP contribution in [0.25, 0.3) is 21.5 Å². The van der Waals surface area contributed by atoms with Gasteiger partial charge in [-0.05, 0) is 49.5 Å². The van der Waals surface area contributed by atoms with E-state index in [0.29, 0.717) is 36.7 Å². The summed E-state index contributed by atoms with van der Waals surface area (Å²) >= 11 is 1.32. The van der Waals surface area contributed by atoms with Crippen molar-refractivity contribution in [1.29, 1.82) is 0 Å². The number of benzene rings is 1. The molecule has 6 nitrogen and oxygen atoms in total. The van der Waals surface area contributed by atoms with Crippen molar-refractivity contribution >= 4 is 45.6 Å². The van der Waals surface area contributed by atoms with Crippen LogP contribution in [0.4, 0.5) is 11.4 Å². The molecule has 0 atom stereocenters. The molecule has 0 aliphatic heterocycles. The molecular weight excluding hydrogens is 468 g/mol. The third kappa shape index (κ3) is 5.92. The van der Waals surface area contributed by atoms with Gasteiger partial charge in [-0.15, -0.1) is 23.7 Å². The fourth-order valence-corrected chi connectivity index (χ4v) is 4.74. The highest BCUT2D eigenvalue weighted by molar-refractivity contribution is 7.21. The monoisotopic (exact) mass is 494 g/mol. The second kappa shape index (κ2) is 12.5. The molecule has 0 aliphatic carbocycles. The summed E-state index contributed by atoms with van der Waals surface area (Å²) in [4.78, 5) is 29.9. The van der Waals surface area contributed by atoms with Crippen molar-refractivity contribution in [1.82, 2.24) is 9.97 Å². The summed E-state index contributed by atoms with van der Waals surface area (Å²) in [5.41, 5.74) is 3.04. The predicted octanol–water partition coefficient (Wildman–Crippen LogP) is 6.32. The van der Waals surface area contributed by atoms with Crippen molar-refractivity contribution in [2.75, 3.05) is 24.7 Å². The van der Waals surface area contributed by atoms with Crippen LogP contribution in [0.2, 0.25) is 0 Å². The average molecular weight is 495 g/mol. The van der Waals surface area contributed by atoms with E-state index < -0.39 is 0 Å². The van der Waals surface area contributed by atoms with Gasteiger partial charge in [0.2, 0.25) is 0 Å². The van der Waals surface area contributed by atoms with E-state index >= 15 is 0 Å². The molecule has 0 spiro atoms. The van der Waals surface area contributed by atoms with Gasteiger partial charge >= 0.3 is 0 Å². The Hall–Kier alpha value is -4.12. The number of amides is 1. The van der Waals surface area contributed by atoms with Crippen molar-refractivity contribution < 1.29 is 9.53 Å². The molecule has 1 amide bonds. The molecule has 0 saturated carbocycles. The number of ether oxygens (including phenoxy) is 1. The van der Waals surface area contributed by atoms with Gasteiger partial charge < -0.3 is 9.64 Å². The number of terminal acetylenes is 1. The minimum atomic E-state index is -0.158. The standard InChI is InChI=1S/C29H26N4O2S/c1-3-4-9-19-35-20-10-8-18-33(23-13-6-5-7-14-23)29(34)27-26(30-2)24-15-16-25(32-28(24)36-27)22-12-11-17-31-21-22/h1,5-8,10-17,21H,2,4,9,18-20H2/b10-8-. The van der Waals surface area contributed by atoms with Crippen LogP contribution in [0.5, 0.6) is 0 Å². The SMILES string of the molecule is C#CCCCOC/C=C\CN(C(=O)c1sc2nc(-c3cccnc3)ccc2c1N=C)c1ccccc1. The number of pyridine rings is 2. The zero-order valence-corrected chi connectivity index (χ0v) is 20.7. The van der Waals surface area contributed by atoms with Crippen molar-refractivity contribution in [3.05, 3.63) is 84.0 Å². The van der Waals surface area contributed by atoms with Gasteiger partial charge in [-0.1, -0.05) is 30.4 Å². The summed E-state index contributed by atoms with van der Waals surface area (Å²) in [7, 11) is 0. The van der Waals surface area contributed by atoms with Gasteiger partial charge in [-0.25, -0.2) is 4.98 Å². The number of rotatable bonds is 11. The molecule has 180 valence electrons. The van der Waals surface area contributed by atoms with E-state index in [1.54, 1.807) is 17.3 Å². The Morgan fingerprint density at radius 2 is 2.03 bits per heavy atom. The maximum Gasteiger partial charge on any atom is 0.270 e. The summed E-state index contributed by atoms with van der Waals surface area (Å²) in [5, 5.41) is 0.801. The predicted molar refractivity (Wildman–Crippen MR) is 148 cm³/mol. The summed E-state index contributed by atoms with van der Waals surface area (Å²) in [6, 6.07) is 17.2. The Morgan fingerprint density at radius 1 is 1.17 bits per heavy atom. The maximum absolute atomic E-state index is 13.8. The topological polar surface area (TPSA) is 67.7 Å². The lowest BCUT2D eigenvalue weighted by atomic mass is 10.1. The van der Waals surface area contributed by atoms with Crippen LogP contribution in [0.15, 0.2) is 84.1 Å². The number of fused-ring (bicyclic) bond motifs is 1. The fraction of sp³-hybridized carbons (Fsp3) is 0.172. The molecule has 7 heteroatoms. The van der Waals surface area contributed by atoms with Gasteiger partial charge in [0.25, 0.3) is 5.91 Å². The van der Waals surface area contributed by atoms with Crippen LogP contribution in [0.3, 0.4) is 0 Å². The molecule has 0 unspecified atom stereocenters. The Bertz CT molecular complexity index is 1390. The Labute approximate surface area is 215 Å². The molecule has 0 aliphatic rings. The van der Waals surface area contributed by atoms with Crippen molar-refractivity contribution in [3.8, 4) is 23.6 Å². The molecule has 3 aromatic heterocycles. The third-order valence-corrected chi connectivity index (χ3v) is 6.51. The highest BCUT2D eigenvalue weighted by Crippen LogP contribution is 2.39. The summed E-state index contributed by atoms with van der Waals surface area (Å²) < 4.78 is 5.57. The number of hydrogen-bond donors (Lipinski definition) is 0. The number of aliphatic imine (C=N–C) groups is 1. The van der Waals surface area contributed by atoms with E-state index in [1.165, 1.54) is 11.3 Å². The van der Waals surface area contributed by atoms with Crippen molar-refractivity contribution in [2.24, 2.45) is 4.99 Å². The lowest BCUT2D eigenvalue weighted by Crippen LogP contribution is -2.30. The van der Waals surface area contributed by atoms with Crippen molar-refractivity contribution in [3.63, 3.8) is 0 Å². The number of unbranched alkanes of at least 4 members (excludes halogenated alkanes) is 1. The van der Waals surface area contributed by atoms with Gasteiger partial charge in [0.1, 0.15) is 9.71 Å². The number of anilines is 1. The Morgan fingerprint density at radius 3 is 2.78 bits per heavy atom. The van der Waals surface area contributed by atoms with E-state index in [-0.39, 0.29) is 5.91 Å². The quantitative estimate of drug-likeness (QED) is 0.106. The smallest absolute Gasteiger partial charge is 0.270 e. The molecular formula is C29H26N4O2S. The normalized spacial score (nSPS) is 11.0. The first-order chi connectivity index (χ1) is 17.7. The highest BCUT2D eigenvalue weighted by atomic mass is 32.1. The zero-order chi connectivity index (χ0) is 25.2. The first kappa shape index (κ1) is 25.0. The zero-order valence-electron chi connectivity index (χ0n) is 19.8.